The summed E-state index contributed by atoms with van der Waals surface area (Å²) in [5.74, 6) is 0.732. The molecule has 0 atom stereocenters. The number of aromatic amines is 1. The van der Waals surface area contributed by atoms with E-state index in [1.54, 1.807) is 31.0 Å². The first-order valence-electron chi connectivity index (χ1n) is 11.8. The normalized spacial score (nSPS) is 12.5. The van der Waals surface area contributed by atoms with Gasteiger partial charge >= 0.3 is 0 Å². The molecule has 8 heteroatoms. The third-order valence-corrected chi connectivity index (χ3v) is 6.18. The van der Waals surface area contributed by atoms with Crippen molar-refractivity contribution >= 4 is 33.9 Å². The van der Waals surface area contributed by atoms with Crippen molar-refractivity contribution in [2.24, 2.45) is 0 Å². The van der Waals surface area contributed by atoms with Crippen LogP contribution in [0.5, 0.6) is 0 Å². The van der Waals surface area contributed by atoms with E-state index < -0.39 is 0 Å². The quantitative estimate of drug-likeness (QED) is 0.320. The fourth-order valence-corrected chi connectivity index (χ4v) is 4.38. The van der Waals surface area contributed by atoms with Gasteiger partial charge in [-0.3, -0.25) is 19.7 Å². The van der Waals surface area contributed by atoms with E-state index in [0.29, 0.717) is 18.7 Å². The number of benzene rings is 1. The Morgan fingerprint density at radius 1 is 1.00 bits per heavy atom. The van der Waals surface area contributed by atoms with Crippen molar-refractivity contribution in [3.05, 3.63) is 90.9 Å². The summed E-state index contributed by atoms with van der Waals surface area (Å²) in [6, 6.07) is 14.0. The lowest BCUT2D eigenvalue weighted by atomic mass is 9.95. The highest BCUT2D eigenvalue weighted by Gasteiger charge is 2.20. The number of imidazole rings is 1. The van der Waals surface area contributed by atoms with E-state index in [1.807, 2.05) is 31.2 Å². The van der Waals surface area contributed by atoms with E-state index in [9.17, 15) is 4.79 Å². The van der Waals surface area contributed by atoms with Gasteiger partial charge in [-0.05, 0) is 35.9 Å². The molecule has 8 nitrogen and oxygen atoms in total. The first kappa shape index (κ1) is 21.7. The lowest BCUT2D eigenvalue weighted by Gasteiger charge is -2.19. The average molecular weight is 474 g/mol. The Kier molecular flexibility index (Phi) is 5.46. The van der Waals surface area contributed by atoms with Gasteiger partial charge in [-0.1, -0.05) is 25.1 Å². The summed E-state index contributed by atoms with van der Waals surface area (Å²) in [4.78, 5) is 33.5. The van der Waals surface area contributed by atoms with Crippen LogP contribution in [0.4, 0.5) is 11.4 Å². The van der Waals surface area contributed by atoms with E-state index in [0.717, 1.165) is 56.1 Å². The number of amides is 1. The molecule has 1 aromatic carbocycles. The molecule has 0 saturated carbocycles. The van der Waals surface area contributed by atoms with Gasteiger partial charge in [0.25, 0.3) is 0 Å². The molecular formula is C28H23N7O. The number of carbonyl (C=O) groups excluding carboxylic acids is 1. The number of carbonyl (C=O) groups is 1. The minimum atomic E-state index is -0.0433. The first-order valence-corrected chi connectivity index (χ1v) is 11.8. The number of rotatable bonds is 5. The van der Waals surface area contributed by atoms with Gasteiger partial charge in [0.2, 0.25) is 5.91 Å². The smallest absolute Gasteiger partial charge is 0.224 e. The van der Waals surface area contributed by atoms with Crippen LogP contribution in [0.2, 0.25) is 0 Å². The number of H-pyrrole nitrogens is 1. The molecule has 0 unspecified atom stereocenters. The van der Waals surface area contributed by atoms with Gasteiger partial charge in [0.15, 0.2) is 0 Å². The standard InChI is InChI=1S/C28H23N7O/c1-2-26(36)33-19-11-18(13-29-14-19)17-6-7-24-21(12-17)20(8-10-32-24)28-34-25-16-30-15-22(27(25)35-28)23-5-3-4-9-31-23/h3-9,11-16,32H,2,10H2,1H3,(H,33,36)(H,34,35). The Morgan fingerprint density at radius 2 is 1.92 bits per heavy atom. The summed E-state index contributed by atoms with van der Waals surface area (Å²) >= 11 is 0. The lowest BCUT2D eigenvalue weighted by Crippen LogP contribution is -2.10. The molecule has 1 aliphatic rings. The van der Waals surface area contributed by atoms with Crippen LogP contribution >= 0.6 is 0 Å². The van der Waals surface area contributed by atoms with Crippen LogP contribution in [0.15, 0.2) is 79.5 Å². The Bertz CT molecular complexity index is 1620. The topological polar surface area (TPSA) is 108 Å². The summed E-state index contributed by atoms with van der Waals surface area (Å²) in [7, 11) is 0. The summed E-state index contributed by atoms with van der Waals surface area (Å²) in [6.45, 7) is 2.52. The molecule has 1 aliphatic heterocycles. The fourth-order valence-electron chi connectivity index (χ4n) is 4.38. The number of nitrogens with one attached hydrogen (secondary N) is 3. The van der Waals surface area contributed by atoms with Crippen LogP contribution in [0.3, 0.4) is 0 Å². The summed E-state index contributed by atoms with van der Waals surface area (Å²) in [5.41, 5.74) is 9.08. The fraction of sp³-hybridized carbons (Fsp3) is 0.107. The Labute approximate surface area is 207 Å². The van der Waals surface area contributed by atoms with Crippen molar-refractivity contribution in [2.45, 2.75) is 13.3 Å². The minimum absolute atomic E-state index is 0.0433. The van der Waals surface area contributed by atoms with Crippen LogP contribution in [0.1, 0.15) is 24.7 Å². The first-order chi connectivity index (χ1) is 17.7. The Balaban J connectivity index is 1.40. The van der Waals surface area contributed by atoms with Crippen molar-refractivity contribution in [1.29, 1.82) is 0 Å². The van der Waals surface area contributed by atoms with Gasteiger partial charge in [-0.2, -0.15) is 0 Å². The number of anilines is 2. The zero-order chi connectivity index (χ0) is 24.5. The number of fused-ring (bicyclic) bond motifs is 2. The second-order valence-corrected chi connectivity index (χ2v) is 8.51. The maximum Gasteiger partial charge on any atom is 0.224 e. The number of hydrogen-bond donors (Lipinski definition) is 3. The van der Waals surface area contributed by atoms with Crippen molar-refractivity contribution in [3.8, 4) is 22.4 Å². The van der Waals surface area contributed by atoms with Crippen LogP contribution in [-0.2, 0) is 4.79 Å². The van der Waals surface area contributed by atoms with Crippen molar-refractivity contribution in [3.63, 3.8) is 0 Å². The number of nitrogens with zero attached hydrogens (tertiary/aromatic N) is 4. The molecule has 36 heavy (non-hydrogen) atoms. The Morgan fingerprint density at radius 3 is 2.78 bits per heavy atom. The van der Waals surface area contributed by atoms with Crippen LogP contribution < -0.4 is 10.6 Å². The second kappa shape index (κ2) is 9.07. The van der Waals surface area contributed by atoms with E-state index in [1.165, 1.54) is 0 Å². The van der Waals surface area contributed by atoms with E-state index in [-0.39, 0.29) is 5.91 Å². The minimum Gasteiger partial charge on any atom is -0.381 e. The van der Waals surface area contributed by atoms with Crippen LogP contribution in [0.25, 0.3) is 39.0 Å². The highest BCUT2D eigenvalue weighted by atomic mass is 16.1. The number of hydrogen-bond acceptors (Lipinski definition) is 6. The monoisotopic (exact) mass is 473 g/mol. The zero-order valence-corrected chi connectivity index (χ0v) is 19.6. The van der Waals surface area contributed by atoms with Crippen LogP contribution in [0, 0.1) is 0 Å². The largest absolute Gasteiger partial charge is 0.381 e. The highest BCUT2D eigenvalue weighted by molar-refractivity contribution is 5.95. The van der Waals surface area contributed by atoms with E-state index >= 15 is 0 Å². The molecule has 0 aliphatic carbocycles. The van der Waals surface area contributed by atoms with E-state index in [4.69, 9.17) is 4.98 Å². The third kappa shape index (κ3) is 3.98. The van der Waals surface area contributed by atoms with E-state index in [2.05, 4.69) is 54.8 Å². The van der Waals surface area contributed by atoms with Gasteiger partial charge in [-0.25, -0.2) is 4.98 Å². The predicted octanol–water partition coefficient (Wildman–Crippen LogP) is 5.29. The Hall–Kier alpha value is -4.85. The molecule has 0 fully saturated rings. The van der Waals surface area contributed by atoms with Gasteiger partial charge in [-0.15, -0.1) is 0 Å². The molecule has 4 aromatic heterocycles. The molecule has 0 radical (unpaired) electrons. The molecule has 5 aromatic rings. The van der Waals surface area contributed by atoms with Crippen molar-refractivity contribution in [1.82, 2.24) is 24.9 Å². The molecule has 1 amide bonds. The lowest BCUT2D eigenvalue weighted by molar-refractivity contribution is -0.115. The molecular weight excluding hydrogens is 450 g/mol. The summed E-state index contributed by atoms with van der Waals surface area (Å²) in [5, 5.41) is 6.33. The maximum atomic E-state index is 11.8. The molecule has 0 bridgehead atoms. The van der Waals surface area contributed by atoms with Gasteiger partial charge in [0, 0.05) is 59.5 Å². The van der Waals surface area contributed by atoms with Gasteiger partial charge in [0.05, 0.1) is 29.3 Å². The van der Waals surface area contributed by atoms with Gasteiger partial charge in [0.1, 0.15) is 11.3 Å². The summed E-state index contributed by atoms with van der Waals surface area (Å²) in [6.07, 6.45) is 11.4. The van der Waals surface area contributed by atoms with Crippen molar-refractivity contribution < 1.29 is 4.79 Å². The van der Waals surface area contributed by atoms with Crippen LogP contribution in [-0.4, -0.2) is 37.4 Å². The molecule has 3 N–H and O–H groups in total. The van der Waals surface area contributed by atoms with Gasteiger partial charge < -0.3 is 15.6 Å². The molecule has 0 saturated heterocycles. The number of aromatic nitrogens is 5. The molecule has 176 valence electrons. The SMILES string of the molecule is CCC(=O)Nc1cncc(-c2ccc3c(c2)C(c2nc4c(-c5ccccn5)cncc4[nH]2)=CCN3)c1. The summed E-state index contributed by atoms with van der Waals surface area (Å²) < 4.78 is 0. The zero-order valence-electron chi connectivity index (χ0n) is 19.6. The second-order valence-electron chi connectivity index (χ2n) is 8.51. The molecule has 6 rings (SSSR count). The predicted molar refractivity (Wildman–Crippen MR) is 141 cm³/mol. The molecule has 0 spiro atoms. The van der Waals surface area contributed by atoms with Crippen molar-refractivity contribution in [2.75, 3.05) is 17.2 Å². The highest BCUT2D eigenvalue weighted by Crippen LogP contribution is 2.36. The number of pyridine rings is 3. The average Bonchev–Trinajstić information content (AvgIpc) is 3.37. The third-order valence-electron chi connectivity index (χ3n) is 6.18. The maximum absolute atomic E-state index is 11.8. The molecule has 5 heterocycles.